The number of rotatable bonds is 30. The van der Waals surface area contributed by atoms with Crippen LogP contribution < -0.4 is 44.2 Å². The van der Waals surface area contributed by atoms with Gasteiger partial charge >= 0.3 is 23.9 Å². The van der Waals surface area contributed by atoms with Gasteiger partial charge in [0.15, 0.2) is 5.11 Å². The molecule has 414 valence electrons. The van der Waals surface area contributed by atoms with Crippen LogP contribution in [0.5, 0.6) is 0 Å². The first-order valence-electron chi connectivity index (χ1n) is 24.5. The molecule has 3 atom stereocenters. The first kappa shape index (κ1) is 62.8. The van der Waals surface area contributed by atoms with Gasteiger partial charge < -0.3 is 64.4 Å². The van der Waals surface area contributed by atoms with E-state index in [1.54, 1.807) is 4.90 Å². The van der Waals surface area contributed by atoms with Crippen LogP contribution in [0, 0.1) is 0 Å². The van der Waals surface area contributed by atoms with Crippen LogP contribution in [0.3, 0.4) is 0 Å². The fourth-order valence-corrected chi connectivity index (χ4v) is 8.78. The zero-order chi connectivity index (χ0) is 55.5. The van der Waals surface area contributed by atoms with Crippen molar-refractivity contribution in [3.05, 3.63) is 64.1 Å². The molecule has 1 saturated heterocycles. The van der Waals surface area contributed by atoms with Crippen molar-refractivity contribution in [2.45, 2.75) is 82.5 Å². The Labute approximate surface area is 449 Å². The molecule has 1 unspecified atom stereocenters. The molecule has 0 radical (unpaired) electrons. The van der Waals surface area contributed by atoms with Crippen LogP contribution in [0.1, 0.15) is 62.5 Å². The Morgan fingerprint density at radius 3 is 1.71 bits per heavy atom. The van der Waals surface area contributed by atoms with Gasteiger partial charge in [0.25, 0.3) is 0 Å². The maximum Gasteiger partial charge on any atom is 0.326 e. The van der Waals surface area contributed by atoms with E-state index < -0.39 is 66.1 Å². The Bertz CT molecular complexity index is 2250. The number of hydrogen-bond donors (Lipinski definition) is 11. The Morgan fingerprint density at radius 1 is 0.640 bits per heavy atom. The summed E-state index contributed by atoms with van der Waals surface area (Å²) in [7, 11) is 0. The van der Waals surface area contributed by atoms with E-state index in [4.69, 9.17) is 40.3 Å². The van der Waals surface area contributed by atoms with E-state index in [2.05, 4.69) is 37.2 Å². The summed E-state index contributed by atoms with van der Waals surface area (Å²) in [6, 6.07) is 10.7. The number of carbonyl (C=O) groups excluding carboxylic acids is 6. The van der Waals surface area contributed by atoms with Crippen molar-refractivity contribution in [1.82, 2.24) is 40.4 Å². The molecule has 2 aromatic rings. The molecule has 0 aliphatic carbocycles. The van der Waals surface area contributed by atoms with Crippen LogP contribution in [0.4, 0.5) is 10.5 Å². The number of aliphatic carboxylic acids is 3. The van der Waals surface area contributed by atoms with Crippen molar-refractivity contribution in [3.8, 4) is 0 Å². The summed E-state index contributed by atoms with van der Waals surface area (Å²) >= 11 is 8.99. The van der Waals surface area contributed by atoms with E-state index in [0.717, 1.165) is 15.6 Å². The van der Waals surface area contributed by atoms with Crippen LogP contribution in [-0.4, -0.2) is 202 Å². The Balaban J connectivity index is 1.58. The van der Waals surface area contributed by atoms with Crippen molar-refractivity contribution in [1.29, 1.82) is 0 Å². The summed E-state index contributed by atoms with van der Waals surface area (Å²) in [5.41, 5.74) is 25.0. The number of carboxylic acids is 3. The van der Waals surface area contributed by atoms with E-state index in [1.807, 2.05) is 68.1 Å². The van der Waals surface area contributed by atoms with Gasteiger partial charge in [-0.2, -0.15) is 0 Å². The molecule has 0 saturated carbocycles. The summed E-state index contributed by atoms with van der Waals surface area (Å²) in [6.45, 7) is 3.35. The number of amides is 7. The third kappa shape index (κ3) is 26.5. The number of thiocarbonyl (C=S) groups is 1. The summed E-state index contributed by atoms with van der Waals surface area (Å²) in [4.78, 5) is 118. The minimum absolute atomic E-state index is 0.0154. The van der Waals surface area contributed by atoms with Gasteiger partial charge in [-0.1, -0.05) is 40.2 Å². The molecule has 75 heavy (non-hydrogen) atoms. The Morgan fingerprint density at radius 2 is 1.16 bits per heavy atom. The van der Waals surface area contributed by atoms with Crippen LogP contribution >= 0.6 is 28.1 Å². The number of unbranched alkanes of at least 4 members (excludes halogenated alkanes) is 2. The van der Waals surface area contributed by atoms with Gasteiger partial charge in [-0.25, -0.2) is 14.4 Å². The summed E-state index contributed by atoms with van der Waals surface area (Å²) in [5.74, 6) is -6.32. The maximum absolute atomic E-state index is 13.6. The lowest BCUT2D eigenvalue weighted by atomic mass is 10.0. The standard InChI is InChI=1S/C48H72BrN13O12S/c49-34-11-7-33(8-12-34)26-62(18-4-2-5-37(45(70)71)56-47(74)57-38(46(72)73)15-16-44(68)69)43(67)6-1-3-17-54-48(75)55-35-13-9-32(10-14-35)25-36-27-60(30-41(52)65)22-21-58(28-39(50)63)19-20-59(29-40(51)64)23-24-61(36)31-42(53)66/h7-14,36-38H,1-6,15-31H2,(H2,50,63)(H2,51,64)(H2,52,65)(H2,53,66)(H,68,69)(H,70,71)(H,72,73)(H2,54,55,75)(H2,56,57,74)/t36?,37-,38-/m0/s1. The monoisotopic (exact) mass is 1130 g/mol. The summed E-state index contributed by atoms with van der Waals surface area (Å²) in [5, 5.41) is 39.0. The lowest BCUT2D eigenvalue weighted by Crippen LogP contribution is -2.54. The number of carbonyl (C=O) groups is 9. The van der Waals surface area contributed by atoms with Crippen molar-refractivity contribution >= 4 is 92.4 Å². The largest absolute Gasteiger partial charge is 0.481 e. The van der Waals surface area contributed by atoms with Gasteiger partial charge in [0.2, 0.25) is 29.5 Å². The molecule has 0 spiro atoms. The zero-order valence-electron chi connectivity index (χ0n) is 42.0. The Hall–Kier alpha value is -6.52. The number of benzene rings is 2. The highest BCUT2D eigenvalue weighted by Crippen LogP contribution is 2.18. The van der Waals surface area contributed by atoms with Gasteiger partial charge in [-0.15, -0.1) is 0 Å². The predicted octanol–water partition coefficient (Wildman–Crippen LogP) is -0.751. The number of halogens is 1. The normalized spacial score (nSPS) is 15.9. The molecule has 2 aromatic carbocycles. The van der Waals surface area contributed by atoms with Crippen molar-refractivity contribution in [3.63, 3.8) is 0 Å². The Kier molecular flexibility index (Phi) is 28.0. The molecule has 0 bridgehead atoms. The third-order valence-corrected chi connectivity index (χ3v) is 12.9. The predicted molar refractivity (Wildman–Crippen MR) is 284 cm³/mol. The lowest BCUT2D eigenvalue weighted by molar-refractivity contribution is -0.141. The number of nitrogens with zero attached hydrogens (tertiary/aromatic N) is 5. The zero-order valence-corrected chi connectivity index (χ0v) is 44.4. The minimum atomic E-state index is -1.53. The second kappa shape index (κ2) is 33.4. The highest BCUT2D eigenvalue weighted by Gasteiger charge is 2.28. The molecular weight excluding hydrogens is 1060 g/mol. The van der Waals surface area contributed by atoms with Gasteiger partial charge in [-0.05, 0) is 92.6 Å². The molecule has 1 fully saturated rings. The van der Waals surface area contributed by atoms with Crippen LogP contribution in [-0.2, 0) is 51.3 Å². The number of nitrogens with one attached hydrogen (secondary N) is 4. The quantitative estimate of drug-likeness (QED) is 0.0339. The van der Waals surface area contributed by atoms with Gasteiger partial charge in [-0.3, -0.25) is 48.4 Å². The highest BCUT2D eigenvalue weighted by molar-refractivity contribution is 9.10. The van der Waals surface area contributed by atoms with Crippen molar-refractivity contribution < 1.29 is 58.5 Å². The summed E-state index contributed by atoms with van der Waals surface area (Å²) in [6.07, 6.45) is 1.58. The molecule has 3 rings (SSSR count). The van der Waals surface area contributed by atoms with E-state index >= 15 is 0 Å². The second-order valence-corrected chi connectivity index (χ2v) is 19.6. The van der Waals surface area contributed by atoms with Crippen LogP contribution in [0.15, 0.2) is 53.0 Å². The van der Waals surface area contributed by atoms with Crippen LogP contribution in [0.25, 0.3) is 0 Å². The number of carboxylic acid groups (broad SMARTS) is 3. The number of primary amides is 4. The van der Waals surface area contributed by atoms with Crippen molar-refractivity contribution in [2.24, 2.45) is 22.9 Å². The molecular formula is C48H72BrN13O12S. The molecule has 1 heterocycles. The first-order valence-corrected chi connectivity index (χ1v) is 25.7. The van der Waals surface area contributed by atoms with Crippen LogP contribution in [0.2, 0.25) is 0 Å². The summed E-state index contributed by atoms with van der Waals surface area (Å²) < 4.78 is 0.868. The molecule has 1 aliphatic rings. The van der Waals surface area contributed by atoms with E-state index in [1.165, 1.54) is 0 Å². The fourth-order valence-electron chi connectivity index (χ4n) is 8.30. The lowest BCUT2D eigenvalue weighted by Gasteiger charge is -2.38. The van der Waals surface area contributed by atoms with Gasteiger partial charge in [0, 0.05) is 94.5 Å². The molecule has 15 N–H and O–H groups in total. The second-order valence-electron chi connectivity index (χ2n) is 18.3. The SMILES string of the molecule is NC(=O)CN1CCN(CC(N)=O)CCN(CC(N)=O)C(Cc2ccc(NC(=S)NCCCCC(=O)N(CCCC[C@H](NC(=O)N[C@@H](CCC(=O)O)C(=O)O)C(=O)O)Cc3ccc(Br)cc3)cc2)CN(CC(N)=O)CC1. The highest BCUT2D eigenvalue weighted by atomic mass is 79.9. The third-order valence-electron chi connectivity index (χ3n) is 12.1. The fraction of sp³-hybridized carbons (Fsp3) is 0.542. The molecule has 25 nitrogen and oxygen atoms in total. The molecule has 0 aromatic heterocycles. The van der Waals surface area contributed by atoms with Gasteiger partial charge in [0.05, 0.1) is 26.2 Å². The first-order chi connectivity index (χ1) is 35.6. The van der Waals surface area contributed by atoms with E-state index in [-0.39, 0.29) is 57.4 Å². The molecule has 1 aliphatic heterocycles. The molecule has 27 heteroatoms. The average Bonchev–Trinajstić information content (AvgIpc) is 3.32. The topological polar surface area (TPSA) is 383 Å². The van der Waals surface area contributed by atoms with Crippen molar-refractivity contribution in [2.75, 3.05) is 90.4 Å². The van der Waals surface area contributed by atoms with E-state index in [0.29, 0.717) is 108 Å². The number of urea groups is 1. The number of nitrogens with two attached hydrogens (primary N) is 4. The van der Waals surface area contributed by atoms with Gasteiger partial charge in [0.1, 0.15) is 12.1 Å². The minimum Gasteiger partial charge on any atom is -0.481 e. The molecule has 7 amide bonds. The van der Waals surface area contributed by atoms with E-state index in [9.17, 15) is 53.4 Å². The smallest absolute Gasteiger partial charge is 0.326 e. The average molecular weight is 1140 g/mol. The number of hydrogen-bond acceptors (Lipinski definition) is 14. The number of anilines is 1. The maximum atomic E-state index is 13.6.